The van der Waals surface area contributed by atoms with E-state index in [4.69, 9.17) is 4.52 Å². The van der Waals surface area contributed by atoms with Gasteiger partial charge in [0.25, 0.3) is 0 Å². The van der Waals surface area contributed by atoms with Gasteiger partial charge in [0.1, 0.15) is 0 Å². The van der Waals surface area contributed by atoms with E-state index in [1.54, 1.807) is 0 Å². The number of likely N-dealkylation sites (tertiary alicyclic amines) is 1. The van der Waals surface area contributed by atoms with E-state index in [1.807, 2.05) is 0 Å². The number of aliphatic hydroxyl groups is 1. The summed E-state index contributed by atoms with van der Waals surface area (Å²) in [6, 6.07) is 0. The monoisotopic (exact) mass is 239 g/mol. The molecule has 2 heterocycles. The van der Waals surface area contributed by atoms with Crippen LogP contribution < -0.4 is 0 Å². The molecular weight excluding hydrogens is 218 g/mol. The minimum absolute atomic E-state index is 0.196. The molecule has 17 heavy (non-hydrogen) atoms. The first-order valence-corrected chi connectivity index (χ1v) is 6.35. The largest absolute Gasteiger partial charge is 0.392 e. The number of aliphatic hydroxyl groups excluding tert-OH is 1. The van der Waals surface area contributed by atoms with Crippen LogP contribution in [-0.4, -0.2) is 39.3 Å². The van der Waals surface area contributed by atoms with Crippen LogP contribution in [0.2, 0.25) is 0 Å². The number of aryl methyl sites for hydroxylation is 1. The lowest BCUT2D eigenvalue weighted by molar-refractivity contribution is 0.169. The molecule has 5 heteroatoms. The summed E-state index contributed by atoms with van der Waals surface area (Å²) in [6.07, 6.45) is 2.61. The van der Waals surface area contributed by atoms with Crippen LogP contribution in [0.3, 0.4) is 0 Å². The van der Waals surface area contributed by atoms with Crippen molar-refractivity contribution in [1.29, 1.82) is 0 Å². The third-order valence-corrected chi connectivity index (χ3v) is 3.06. The minimum atomic E-state index is -0.196. The average molecular weight is 239 g/mol. The van der Waals surface area contributed by atoms with Crippen molar-refractivity contribution in [2.24, 2.45) is 5.92 Å². The third-order valence-electron chi connectivity index (χ3n) is 3.06. The molecule has 0 bridgehead atoms. The highest BCUT2D eigenvalue weighted by molar-refractivity contribution is 4.88. The summed E-state index contributed by atoms with van der Waals surface area (Å²) in [5, 5.41) is 13.4. The molecule has 1 N–H and O–H groups in total. The van der Waals surface area contributed by atoms with E-state index < -0.39 is 0 Å². The van der Waals surface area contributed by atoms with Crippen LogP contribution in [0.1, 0.15) is 38.4 Å². The Kier molecular flexibility index (Phi) is 4.12. The molecule has 1 fully saturated rings. The van der Waals surface area contributed by atoms with Crippen LogP contribution in [0, 0.1) is 5.92 Å². The molecular formula is C12H21N3O2. The zero-order valence-electron chi connectivity index (χ0n) is 10.6. The van der Waals surface area contributed by atoms with Crippen LogP contribution >= 0.6 is 0 Å². The molecule has 96 valence electrons. The van der Waals surface area contributed by atoms with Crippen molar-refractivity contribution < 1.29 is 9.63 Å². The van der Waals surface area contributed by atoms with E-state index in [-0.39, 0.29) is 6.10 Å². The molecule has 1 aliphatic heterocycles. The summed E-state index contributed by atoms with van der Waals surface area (Å²) in [7, 11) is 0. The maximum atomic E-state index is 9.42. The molecule has 1 aliphatic rings. The van der Waals surface area contributed by atoms with Gasteiger partial charge in [-0.25, -0.2) is 0 Å². The van der Waals surface area contributed by atoms with Crippen molar-refractivity contribution in [3.63, 3.8) is 0 Å². The fourth-order valence-electron chi connectivity index (χ4n) is 2.02. The van der Waals surface area contributed by atoms with Gasteiger partial charge in [0.05, 0.1) is 12.6 Å². The van der Waals surface area contributed by atoms with Crippen molar-refractivity contribution >= 4 is 0 Å². The SMILES string of the molecule is CC(C)CCc1noc(CN2CC[C@H](O)C2)n1. The van der Waals surface area contributed by atoms with Gasteiger partial charge in [0.2, 0.25) is 5.89 Å². The standard InChI is InChI=1S/C12H21N3O2/c1-9(2)3-4-11-13-12(17-14-11)8-15-6-5-10(16)7-15/h9-10,16H,3-8H2,1-2H3/t10-/m0/s1. The fourth-order valence-corrected chi connectivity index (χ4v) is 2.02. The van der Waals surface area contributed by atoms with E-state index in [2.05, 4.69) is 28.9 Å². The summed E-state index contributed by atoms with van der Waals surface area (Å²) in [6.45, 7) is 6.65. The van der Waals surface area contributed by atoms with Crippen LogP contribution in [0.15, 0.2) is 4.52 Å². The molecule has 0 spiro atoms. The van der Waals surface area contributed by atoms with Gasteiger partial charge in [-0.15, -0.1) is 0 Å². The molecule has 0 amide bonds. The summed E-state index contributed by atoms with van der Waals surface area (Å²) in [5.74, 6) is 2.12. The van der Waals surface area contributed by atoms with Gasteiger partial charge in [-0.05, 0) is 18.8 Å². The van der Waals surface area contributed by atoms with Gasteiger partial charge in [0.15, 0.2) is 5.82 Å². The Bertz CT molecular complexity index is 351. The molecule has 1 aromatic heterocycles. The van der Waals surface area contributed by atoms with E-state index in [1.165, 1.54) is 0 Å². The smallest absolute Gasteiger partial charge is 0.240 e. The molecule has 0 aromatic carbocycles. The Morgan fingerprint density at radius 1 is 1.53 bits per heavy atom. The Morgan fingerprint density at radius 2 is 2.35 bits per heavy atom. The molecule has 0 aliphatic carbocycles. The van der Waals surface area contributed by atoms with Gasteiger partial charge < -0.3 is 9.63 Å². The second-order valence-electron chi connectivity index (χ2n) is 5.21. The number of aromatic nitrogens is 2. The summed E-state index contributed by atoms with van der Waals surface area (Å²) >= 11 is 0. The van der Waals surface area contributed by atoms with Crippen LogP contribution in [0.4, 0.5) is 0 Å². The maximum absolute atomic E-state index is 9.42. The summed E-state index contributed by atoms with van der Waals surface area (Å²) in [4.78, 5) is 6.51. The van der Waals surface area contributed by atoms with E-state index in [0.29, 0.717) is 24.9 Å². The molecule has 1 aromatic rings. The molecule has 0 saturated carbocycles. The quantitative estimate of drug-likeness (QED) is 0.837. The lowest BCUT2D eigenvalue weighted by Crippen LogP contribution is -2.21. The highest BCUT2D eigenvalue weighted by Gasteiger charge is 2.22. The van der Waals surface area contributed by atoms with Gasteiger partial charge in [0, 0.05) is 19.5 Å². The van der Waals surface area contributed by atoms with Crippen molar-refractivity contribution in [3.8, 4) is 0 Å². The first-order valence-electron chi connectivity index (χ1n) is 6.35. The number of rotatable bonds is 5. The Morgan fingerprint density at radius 3 is 3.00 bits per heavy atom. The molecule has 0 radical (unpaired) electrons. The zero-order chi connectivity index (χ0) is 12.3. The van der Waals surface area contributed by atoms with Gasteiger partial charge in [-0.2, -0.15) is 4.98 Å². The number of hydrogen-bond donors (Lipinski definition) is 1. The summed E-state index contributed by atoms with van der Waals surface area (Å²) < 4.78 is 5.21. The predicted octanol–water partition coefficient (Wildman–Crippen LogP) is 1.22. The van der Waals surface area contributed by atoms with Gasteiger partial charge >= 0.3 is 0 Å². The van der Waals surface area contributed by atoms with Crippen molar-refractivity contribution in [3.05, 3.63) is 11.7 Å². The van der Waals surface area contributed by atoms with Crippen LogP contribution in [0.25, 0.3) is 0 Å². The molecule has 1 saturated heterocycles. The van der Waals surface area contributed by atoms with Crippen molar-refractivity contribution in [1.82, 2.24) is 15.0 Å². The Hall–Kier alpha value is -0.940. The van der Waals surface area contributed by atoms with E-state index >= 15 is 0 Å². The van der Waals surface area contributed by atoms with Gasteiger partial charge in [-0.1, -0.05) is 19.0 Å². The van der Waals surface area contributed by atoms with Crippen LogP contribution in [-0.2, 0) is 13.0 Å². The second kappa shape index (κ2) is 5.60. The Labute approximate surface area is 102 Å². The fraction of sp³-hybridized carbons (Fsp3) is 0.833. The number of hydrogen-bond acceptors (Lipinski definition) is 5. The number of nitrogens with zero attached hydrogens (tertiary/aromatic N) is 3. The normalized spacial score (nSPS) is 21.5. The lowest BCUT2D eigenvalue weighted by atomic mass is 10.1. The van der Waals surface area contributed by atoms with E-state index in [9.17, 15) is 5.11 Å². The van der Waals surface area contributed by atoms with Gasteiger partial charge in [-0.3, -0.25) is 4.90 Å². The third kappa shape index (κ3) is 3.78. The van der Waals surface area contributed by atoms with Crippen molar-refractivity contribution in [2.45, 2.75) is 45.8 Å². The first-order chi connectivity index (χ1) is 8.13. The molecule has 1 atom stereocenters. The summed E-state index contributed by atoms with van der Waals surface area (Å²) in [5.41, 5.74) is 0. The molecule has 5 nitrogen and oxygen atoms in total. The Balaban J connectivity index is 1.81. The average Bonchev–Trinajstić information content (AvgIpc) is 2.86. The predicted molar refractivity (Wildman–Crippen MR) is 63.4 cm³/mol. The molecule has 2 rings (SSSR count). The second-order valence-corrected chi connectivity index (χ2v) is 5.21. The molecule has 0 unspecified atom stereocenters. The number of β-amino-alcohol motifs (C(OH)–C–C–N with tert-alkyl or cyclic N) is 1. The highest BCUT2D eigenvalue weighted by Crippen LogP contribution is 2.13. The maximum Gasteiger partial charge on any atom is 0.240 e. The van der Waals surface area contributed by atoms with Crippen molar-refractivity contribution in [2.75, 3.05) is 13.1 Å². The highest BCUT2D eigenvalue weighted by atomic mass is 16.5. The van der Waals surface area contributed by atoms with Crippen LogP contribution in [0.5, 0.6) is 0 Å². The minimum Gasteiger partial charge on any atom is -0.392 e. The van der Waals surface area contributed by atoms with E-state index in [0.717, 1.165) is 31.6 Å². The lowest BCUT2D eigenvalue weighted by Gasteiger charge is -2.10. The first kappa shape index (κ1) is 12.5. The zero-order valence-corrected chi connectivity index (χ0v) is 10.6. The topological polar surface area (TPSA) is 62.4 Å².